The van der Waals surface area contributed by atoms with E-state index in [2.05, 4.69) is 68.3 Å². The largest absolute Gasteiger partial charge is 0.487 e. The van der Waals surface area contributed by atoms with Crippen LogP contribution in [0.2, 0.25) is 0 Å². The van der Waals surface area contributed by atoms with Crippen molar-refractivity contribution in [2.75, 3.05) is 47.4 Å². The van der Waals surface area contributed by atoms with Crippen LogP contribution in [0.3, 0.4) is 0 Å². The molecule has 0 radical (unpaired) electrons. The topological polar surface area (TPSA) is 431 Å². The summed E-state index contributed by atoms with van der Waals surface area (Å²) in [5.74, 6) is -7.18. The second kappa shape index (κ2) is 38.3. The van der Waals surface area contributed by atoms with Gasteiger partial charge in [-0.1, -0.05) is 151 Å². The molecule has 8 bridgehead atoms. The van der Waals surface area contributed by atoms with Crippen molar-refractivity contribution in [1.29, 1.82) is 5.53 Å². The lowest BCUT2D eigenvalue weighted by Crippen LogP contribution is -2.61. The van der Waals surface area contributed by atoms with Crippen LogP contribution >= 0.6 is 0 Å². The Hall–Kier alpha value is -11.5. The molecule has 13 rings (SSSR count). The van der Waals surface area contributed by atoms with Crippen LogP contribution in [0.15, 0.2) is 162 Å². The Morgan fingerprint density at radius 3 is 1.40 bits per heavy atom. The zero-order valence-corrected chi connectivity index (χ0v) is 68.1. The van der Waals surface area contributed by atoms with Gasteiger partial charge in [0.2, 0.25) is 57.3 Å². The van der Waals surface area contributed by atoms with Crippen LogP contribution in [0, 0.1) is 16.4 Å². The first kappa shape index (κ1) is 86.9. The molecule has 12 atom stereocenters. The van der Waals surface area contributed by atoms with Gasteiger partial charge in [-0.15, -0.1) is 0 Å². The third kappa shape index (κ3) is 22.9. The van der Waals surface area contributed by atoms with Crippen molar-refractivity contribution in [3.63, 3.8) is 0 Å². The van der Waals surface area contributed by atoms with Gasteiger partial charge in [0.25, 0.3) is 5.91 Å². The van der Waals surface area contributed by atoms with Crippen LogP contribution in [-0.4, -0.2) is 208 Å². The van der Waals surface area contributed by atoms with Gasteiger partial charge in [-0.3, -0.25) is 47.9 Å². The average Bonchev–Trinajstić information content (AvgIpc) is 1.62. The average molecular weight is 1610 g/mol. The minimum absolute atomic E-state index is 0.00864. The molecule has 14 N–H and O–H groups in total. The fourth-order valence-corrected chi connectivity index (χ4v) is 15.4. The predicted molar refractivity (Wildman–Crippen MR) is 436 cm³/mol. The minimum Gasteiger partial charge on any atom is -0.487 e. The first-order valence-electron chi connectivity index (χ1n) is 39.0. The van der Waals surface area contributed by atoms with Crippen molar-refractivity contribution < 1.29 is 70.9 Å². The van der Waals surface area contributed by atoms with Gasteiger partial charge in [-0.05, 0) is 133 Å². The van der Waals surface area contributed by atoms with Crippen molar-refractivity contribution >= 4 is 90.7 Å². The summed E-state index contributed by atoms with van der Waals surface area (Å²) in [6.45, 7) is 13.3. The molecule has 0 spiro atoms. The van der Waals surface area contributed by atoms with Crippen LogP contribution < -0.4 is 72.7 Å². The van der Waals surface area contributed by atoms with Gasteiger partial charge in [-0.25, -0.2) is 18.7 Å². The number of ether oxygens (including phenoxy) is 2. The Bertz CT molecular complexity index is 4790. The Morgan fingerprint density at radius 1 is 0.560 bits per heavy atom. The molecular weight excluding hydrogens is 1510 g/mol. The first-order chi connectivity index (χ1) is 55.1. The lowest BCUT2D eigenvalue weighted by atomic mass is 9.85. The van der Waals surface area contributed by atoms with Gasteiger partial charge < -0.3 is 82.9 Å². The molecular formula is C84H108N16O15S. The molecule has 32 heteroatoms. The Balaban J connectivity index is 1.00. The van der Waals surface area contributed by atoms with Crippen molar-refractivity contribution in [2.45, 2.75) is 185 Å². The molecule has 0 aromatic heterocycles. The Labute approximate surface area is 675 Å². The van der Waals surface area contributed by atoms with Crippen LogP contribution in [0.5, 0.6) is 11.5 Å². The molecule has 620 valence electrons. The quantitative estimate of drug-likeness (QED) is 0.0541. The van der Waals surface area contributed by atoms with Crippen molar-refractivity contribution in [3.05, 3.63) is 180 Å². The van der Waals surface area contributed by atoms with Crippen molar-refractivity contribution in [1.82, 2.24) is 73.0 Å². The number of benzene rings is 6. The second-order valence-corrected chi connectivity index (χ2v) is 34.3. The summed E-state index contributed by atoms with van der Waals surface area (Å²) < 4.78 is 41.7. The highest BCUT2D eigenvalue weighted by Gasteiger charge is 2.49. The summed E-state index contributed by atoms with van der Waals surface area (Å²) in [5.41, 5.74) is 9.05. The number of hydrogen-bond acceptors (Lipinski definition) is 21. The van der Waals surface area contributed by atoms with E-state index in [4.69, 9.17) is 15.0 Å². The van der Waals surface area contributed by atoms with Gasteiger partial charge in [-0.2, -0.15) is 5.11 Å². The number of rotatable bonds is 18. The molecule has 1 saturated carbocycles. The van der Waals surface area contributed by atoms with Crippen molar-refractivity contribution in [3.8, 4) is 11.5 Å². The zero-order valence-electron chi connectivity index (χ0n) is 67.3. The number of aliphatic carboxylic acids is 1. The zero-order chi connectivity index (χ0) is 83.9. The number of sulfonamides is 1. The number of hydrogen-bond donors (Lipinski definition) is 14. The van der Waals surface area contributed by atoms with Gasteiger partial charge in [0.05, 0.1) is 23.0 Å². The number of carboxylic acids is 1. The summed E-state index contributed by atoms with van der Waals surface area (Å²) >= 11 is 0. The van der Waals surface area contributed by atoms with Gasteiger partial charge in [0.15, 0.2) is 0 Å². The van der Waals surface area contributed by atoms with E-state index in [1.165, 1.54) is 16.0 Å². The van der Waals surface area contributed by atoms with E-state index in [1.54, 1.807) is 143 Å². The van der Waals surface area contributed by atoms with E-state index in [1.807, 2.05) is 72.8 Å². The highest BCUT2D eigenvalue weighted by atomic mass is 32.2. The fourth-order valence-electron chi connectivity index (χ4n) is 14.1. The number of carbonyl (C=O) groups excluding carboxylic acids is 9. The fraction of sp³-hybridized carbons (Fsp3) is 0.452. The van der Waals surface area contributed by atoms with E-state index in [0.717, 1.165) is 21.5 Å². The van der Waals surface area contributed by atoms with E-state index >= 15 is 24.0 Å². The number of fused-ring (bicyclic) bond motifs is 2. The van der Waals surface area contributed by atoms with Crippen LogP contribution in [0.4, 0.5) is 0 Å². The molecule has 0 unspecified atom stereocenters. The standard InChI is InChI=1S/C84H108N16O15S/c1-48(86-9)73(101)95-71(83(3,4)5)80(108)99-44-58-40-69(99)79(107)93-66(39-53-21-27-55-17-13-15-19-57(55)35-53)76(104)94-68(82(110)111)37-51-24-30-63(31-25-51)115-47-61(97-85)43-90-59-41-70(100(45-59)81(109)72(84(6,7)8)96-74(102)49(2)87-10)78(106)92-65(38-52-20-26-54-16-12-14-18-56(54)34-52)75(103)91-67(77(105)98-116(112,113)64-32-33-64)36-50-22-28-62(29-23-50)114-46-60(88-11)42-89-58/h12-31,34-35,42-43,48-49,58-59,64-72,85-90H,32-33,36-41,44-47H2,1-11H3,(H,91,103)(H,92,106)(H,93,107)(H,94,104)(H,95,101)(H,96,102)(H,98,105)(H,110,111)/b60-42+,61-43+,97-85?/t48-,49-,58-,59-,65-,66-,67-,68-,69-,70-,71+,72+/m0/s1. The molecule has 2 saturated heterocycles. The van der Waals surface area contributed by atoms with E-state index in [0.29, 0.717) is 46.5 Å². The highest BCUT2D eigenvalue weighted by molar-refractivity contribution is 7.91. The molecule has 6 aromatic rings. The smallest absolute Gasteiger partial charge is 0.326 e. The number of carbonyl (C=O) groups is 10. The number of nitrogens with zero attached hydrogens (tertiary/aromatic N) is 3. The van der Waals surface area contributed by atoms with E-state index in [-0.39, 0.29) is 76.3 Å². The van der Waals surface area contributed by atoms with E-state index < -0.39 is 158 Å². The number of likely N-dealkylation sites (tertiary alicyclic amines) is 2. The number of likely N-dealkylation sites (N-methyl/N-ethyl adjacent to an activating group) is 3. The SMILES string of the molecule is CN/C1=C/N[C@H]2C[C@@H](C(=O)N[C@@H](Cc3ccc4ccccc4c3)C(=O)N[C@H](C(=O)O)Cc3ccc(cc3)OC/C(N=N)=C\N[C@H]3C[C@@H](C(=O)N[C@@H](Cc4ccc5ccccc5c4)C(=O)N[C@H](C(=O)NS(=O)(=O)C4CC4)Cc4ccc(cc4)OC1)N(C(=O)[C@@H](NC(=O)[C@H](C)NC)C(C)(C)C)C3)N(C(=O)[C@@H](NC(=O)[C@H](C)NC)C(C)(C)C)C2. The maximum absolute atomic E-state index is 15.4. The Morgan fingerprint density at radius 2 is 0.983 bits per heavy atom. The van der Waals surface area contributed by atoms with Crippen LogP contribution in [-0.2, 0) is 83.7 Å². The highest BCUT2D eigenvalue weighted by Crippen LogP contribution is 2.32. The predicted octanol–water partition coefficient (Wildman–Crippen LogP) is 4.00. The minimum atomic E-state index is -4.19. The summed E-state index contributed by atoms with van der Waals surface area (Å²) in [6.07, 6.45) is 2.82. The van der Waals surface area contributed by atoms with E-state index in [9.17, 15) is 37.5 Å². The molecule has 3 fully saturated rings. The maximum atomic E-state index is 15.4. The normalized spacial score (nSPS) is 23.1. The monoisotopic (exact) mass is 1610 g/mol. The van der Waals surface area contributed by atoms with Crippen molar-refractivity contribution in [2.24, 2.45) is 15.9 Å². The molecule has 116 heavy (non-hydrogen) atoms. The summed E-state index contributed by atoms with van der Waals surface area (Å²) in [5, 5.41) is 49.7. The molecule has 1 aliphatic carbocycles. The van der Waals surface area contributed by atoms with Crippen LogP contribution in [0.25, 0.3) is 21.5 Å². The van der Waals surface area contributed by atoms with Gasteiger partial charge in [0, 0.05) is 70.3 Å². The maximum Gasteiger partial charge on any atom is 0.326 e. The molecule has 7 aliphatic rings. The summed E-state index contributed by atoms with van der Waals surface area (Å²) in [4.78, 5) is 149. The lowest BCUT2D eigenvalue weighted by molar-refractivity contribution is -0.145. The summed E-state index contributed by atoms with van der Waals surface area (Å²) in [7, 11) is 0.674. The third-order valence-electron chi connectivity index (χ3n) is 21.4. The molecule has 9 amide bonds. The number of amides is 9. The number of carboxylic acid groups (broad SMARTS) is 1. The molecule has 6 aliphatic heterocycles. The summed E-state index contributed by atoms with van der Waals surface area (Å²) in [6, 6.07) is 25.2. The first-order valence-corrected chi connectivity index (χ1v) is 40.6. The van der Waals surface area contributed by atoms with Gasteiger partial charge in [0.1, 0.15) is 78.7 Å². The molecule has 31 nitrogen and oxygen atoms in total. The van der Waals surface area contributed by atoms with Crippen LogP contribution in [0.1, 0.15) is 103 Å². The third-order valence-corrected chi connectivity index (χ3v) is 23.2. The Kier molecular flexibility index (Phi) is 28.7. The van der Waals surface area contributed by atoms with Gasteiger partial charge >= 0.3 is 5.97 Å². The lowest BCUT2D eigenvalue weighted by Gasteiger charge is -2.36. The molecule has 6 aromatic carbocycles. The number of nitrogens with one attached hydrogen (secondary N) is 13. The molecule has 6 heterocycles. The second-order valence-electron chi connectivity index (χ2n) is 32.4.